The predicted molar refractivity (Wildman–Crippen MR) is 102 cm³/mol. The Morgan fingerprint density at radius 2 is 2.07 bits per heavy atom. The first-order valence-electron chi connectivity index (χ1n) is 10.2. The first-order chi connectivity index (χ1) is 13.5. The Labute approximate surface area is 164 Å². The molecule has 1 aromatic carbocycles. The van der Waals surface area contributed by atoms with E-state index in [9.17, 15) is 14.4 Å². The standard InChI is InChI=1S/C21H26N4O3/c22-16-9-17(21(16)7-2-8-21)23-10-12-3-1-4-13-14(12)11-25(20(13)28)15-5-6-18(26)24-19(15)27/h1,3-4,15-17,23H,2,5-11,22H2,(H,24,26,27). The number of nitrogens with two attached hydrogens (primary N) is 1. The second-order valence-corrected chi connectivity index (χ2v) is 8.71. The van der Waals surface area contributed by atoms with Crippen molar-refractivity contribution in [3.8, 4) is 0 Å². The number of rotatable bonds is 4. The molecular formula is C21H26N4O3. The molecule has 4 aliphatic rings. The van der Waals surface area contributed by atoms with Crippen LogP contribution in [-0.4, -0.2) is 40.7 Å². The molecule has 1 spiro atoms. The molecule has 148 valence electrons. The summed E-state index contributed by atoms with van der Waals surface area (Å²) < 4.78 is 0. The van der Waals surface area contributed by atoms with Gasteiger partial charge in [0.25, 0.3) is 5.91 Å². The minimum atomic E-state index is -0.568. The summed E-state index contributed by atoms with van der Waals surface area (Å²) in [6.07, 6.45) is 5.36. The SMILES string of the molecule is NC1CC(NCc2cccc3c2CN(C2CCC(=O)NC2=O)C3=O)C12CCC2. The van der Waals surface area contributed by atoms with Crippen molar-refractivity contribution in [2.45, 2.75) is 69.7 Å². The molecule has 0 aromatic heterocycles. The van der Waals surface area contributed by atoms with E-state index in [-0.39, 0.29) is 29.6 Å². The number of nitrogens with one attached hydrogen (secondary N) is 2. The largest absolute Gasteiger partial charge is 0.327 e. The van der Waals surface area contributed by atoms with Gasteiger partial charge in [-0.3, -0.25) is 19.7 Å². The van der Waals surface area contributed by atoms with Crippen LogP contribution in [0.3, 0.4) is 0 Å². The van der Waals surface area contributed by atoms with Gasteiger partial charge in [0, 0.05) is 42.6 Å². The van der Waals surface area contributed by atoms with Crippen molar-refractivity contribution in [2.24, 2.45) is 11.1 Å². The number of hydrogen-bond acceptors (Lipinski definition) is 5. The zero-order valence-corrected chi connectivity index (χ0v) is 15.9. The summed E-state index contributed by atoms with van der Waals surface area (Å²) in [5, 5.41) is 6.03. The van der Waals surface area contributed by atoms with E-state index in [1.807, 2.05) is 12.1 Å². The fourth-order valence-corrected chi connectivity index (χ4v) is 5.46. The topological polar surface area (TPSA) is 105 Å². The molecule has 5 rings (SSSR count). The summed E-state index contributed by atoms with van der Waals surface area (Å²) in [6, 6.07) is 5.99. The maximum Gasteiger partial charge on any atom is 0.255 e. The lowest BCUT2D eigenvalue weighted by Gasteiger charge is -2.60. The number of benzene rings is 1. The number of fused-ring (bicyclic) bond motifs is 1. The van der Waals surface area contributed by atoms with Gasteiger partial charge in [0.05, 0.1) is 0 Å². The number of nitrogens with zero attached hydrogens (tertiary/aromatic N) is 1. The number of imide groups is 1. The molecule has 1 saturated heterocycles. The number of amides is 3. The van der Waals surface area contributed by atoms with Crippen molar-refractivity contribution in [2.75, 3.05) is 0 Å². The molecule has 2 aliphatic heterocycles. The average molecular weight is 382 g/mol. The number of carbonyl (C=O) groups excluding carboxylic acids is 3. The molecule has 0 bridgehead atoms. The minimum Gasteiger partial charge on any atom is -0.327 e. The zero-order chi connectivity index (χ0) is 19.5. The number of piperidine rings is 1. The van der Waals surface area contributed by atoms with E-state index in [4.69, 9.17) is 5.73 Å². The normalized spacial score (nSPS) is 30.7. The van der Waals surface area contributed by atoms with Gasteiger partial charge < -0.3 is 16.0 Å². The molecule has 2 aliphatic carbocycles. The summed E-state index contributed by atoms with van der Waals surface area (Å²) in [7, 11) is 0. The highest BCUT2D eigenvalue weighted by molar-refractivity contribution is 6.05. The van der Waals surface area contributed by atoms with Crippen LogP contribution in [0.15, 0.2) is 18.2 Å². The number of carbonyl (C=O) groups is 3. The Kier molecular flexibility index (Phi) is 4.07. The third-order valence-electron chi connectivity index (χ3n) is 7.42. The molecule has 4 N–H and O–H groups in total. The summed E-state index contributed by atoms with van der Waals surface area (Å²) in [5.41, 5.74) is 9.32. The van der Waals surface area contributed by atoms with Crippen LogP contribution < -0.4 is 16.4 Å². The second kappa shape index (κ2) is 6.39. The van der Waals surface area contributed by atoms with E-state index in [0.29, 0.717) is 37.2 Å². The van der Waals surface area contributed by atoms with Crippen LogP contribution in [0.4, 0.5) is 0 Å². The van der Waals surface area contributed by atoms with E-state index >= 15 is 0 Å². The molecule has 3 unspecified atom stereocenters. The maximum atomic E-state index is 12.9. The molecule has 0 radical (unpaired) electrons. The minimum absolute atomic E-state index is 0.118. The van der Waals surface area contributed by atoms with Crippen LogP contribution in [0.5, 0.6) is 0 Å². The van der Waals surface area contributed by atoms with E-state index in [2.05, 4.69) is 16.7 Å². The van der Waals surface area contributed by atoms with Gasteiger partial charge in [-0.2, -0.15) is 0 Å². The average Bonchev–Trinajstić information content (AvgIpc) is 2.94. The fraction of sp³-hybridized carbons (Fsp3) is 0.571. The third-order valence-corrected chi connectivity index (χ3v) is 7.42. The van der Waals surface area contributed by atoms with Gasteiger partial charge in [0.15, 0.2) is 0 Å². The molecule has 1 aromatic rings. The molecule has 3 fully saturated rings. The van der Waals surface area contributed by atoms with Crippen LogP contribution in [0, 0.1) is 5.41 Å². The number of hydrogen-bond donors (Lipinski definition) is 3. The van der Waals surface area contributed by atoms with Crippen molar-refractivity contribution in [1.82, 2.24) is 15.5 Å². The van der Waals surface area contributed by atoms with Gasteiger partial charge in [-0.1, -0.05) is 18.6 Å². The van der Waals surface area contributed by atoms with Gasteiger partial charge in [0.1, 0.15) is 6.04 Å². The van der Waals surface area contributed by atoms with Crippen molar-refractivity contribution >= 4 is 17.7 Å². The summed E-state index contributed by atoms with van der Waals surface area (Å²) in [6.45, 7) is 1.13. The summed E-state index contributed by atoms with van der Waals surface area (Å²) in [4.78, 5) is 38.2. The van der Waals surface area contributed by atoms with Crippen molar-refractivity contribution in [1.29, 1.82) is 0 Å². The van der Waals surface area contributed by atoms with Gasteiger partial charge in [0.2, 0.25) is 11.8 Å². The highest BCUT2D eigenvalue weighted by atomic mass is 16.2. The van der Waals surface area contributed by atoms with Crippen molar-refractivity contribution in [3.63, 3.8) is 0 Å². The van der Waals surface area contributed by atoms with E-state index < -0.39 is 6.04 Å². The van der Waals surface area contributed by atoms with E-state index in [0.717, 1.165) is 17.5 Å². The zero-order valence-electron chi connectivity index (χ0n) is 15.9. The maximum absolute atomic E-state index is 12.9. The van der Waals surface area contributed by atoms with Gasteiger partial charge in [-0.15, -0.1) is 0 Å². The highest BCUT2D eigenvalue weighted by Gasteiger charge is 2.56. The van der Waals surface area contributed by atoms with Gasteiger partial charge in [-0.25, -0.2) is 0 Å². The molecule has 7 heteroatoms. The molecular weight excluding hydrogens is 356 g/mol. The third kappa shape index (κ3) is 2.53. The second-order valence-electron chi connectivity index (χ2n) is 8.71. The first kappa shape index (κ1) is 17.8. The van der Waals surface area contributed by atoms with Crippen LogP contribution in [0.2, 0.25) is 0 Å². The molecule has 3 atom stereocenters. The van der Waals surface area contributed by atoms with Gasteiger partial charge in [-0.05, 0) is 42.9 Å². The lowest BCUT2D eigenvalue weighted by molar-refractivity contribution is -0.136. The first-order valence-corrected chi connectivity index (χ1v) is 10.2. The molecule has 3 amide bonds. The molecule has 28 heavy (non-hydrogen) atoms. The Bertz CT molecular complexity index is 863. The predicted octanol–water partition coefficient (Wildman–Crippen LogP) is 0.807. The van der Waals surface area contributed by atoms with E-state index in [1.165, 1.54) is 19.3 Å². The lowest BCUT2D eigenvalue weighted by atomic mass is 9.50. The fourth-order valence-electron chi connectivity index (χ4n) is 5.46. The lowest BCUT2D eigenvalue weighted by Crippen LogP contribution is -2.69. The van der Waals surface area contributed by atoms with E-state index in [1.54, 1.807) is 4.90 Å². The highest BCUT2D eigenvalue weighted by Crippen LogP contribution is 2.55. The molecule has 7 nitrogen and oxygen atoms in total. The van der Waals surface area contributed by atoms with Crippen molar-refractivity contribution in [3.05, 3.63) is 34.9 Å². The van der Waals surface area contributed by atoms with Crippen LogP contribution in [-0.2, 0) is 22.7 Å². The Hall–Kier alpha value is -2.25. The molecule has 2 heterocycles. The Balaban J connectivity index is 1.31. The monoisotopic (exact) mass is 382 g/mol. The molecule has 2 saturated carbocycles. The smallest absolute Gasteiger partial charge is 0.255 e. The van der Waals surface area contributed by atoms with Gasteiger partial charge >= 0.3 is 0 Å². The summed E-state index contributed by atoms with van der Waals surface area (Å²) in [5.74, 6) is -0.751. The van der Waals surface area contributed by atoms with Crippen LogP contribution in [0.1, 0.15) is 60.0 Å². The van der Waals surface area contributed by atoms with Crippen molar-refractivity contribution < 1.29 is 14.4 Å². The van der Waals surface area contributed by atoms with Crippen LogP contribution in [0.25, 0.3) is 0 Å². The van der Waals surface area contributed by atoms with Crippen LogP contribution >= 0.6 is 0 Å². The summed E-state index contributed by atoms with van der Waals surface area (Å²) >= 11 is 0. The quantitative estimate of drug-likeness (QED) is 0.669. The Morgan fingerprint density at radius 1 is 1.25 bits per heavy atom. The Morgan fingerprint density at radius 3 is 2.75 bits per heavy atom.